The van der Waals surface area contributed by atoms with Crippen LogP contribution in [0.5, 0.6) is 11.5 Å². The van der Waals surface area contributed by atoms with Gasteiger partial charge in [-0.1, -0.05) is 12.1 Å². The molecule has 0 saturated heterocycles. The summed E-state index contributed by atoms with van der Waals surface area (Å²) in [7, 11) is 5.59. The Morgan fingerprint density at radius 1 is 1.03 bits per heavy atom. The summed E-state index contributed by atoms with van der Waals surface area (Å²) < 4.78 is 11.2. The number of hydrogen-bond acceptors (Lipinski definition) is 6. The molecule has 3 rings (SSSR count). The van der Waals surface area contributed by atoms with Gasteiger partial charge in [0.15, 0.2) is 0 Å². The number of rotatable bonds is 10. The van der Waals surface area contributed by atoms with Crippen LogP contribution in [0, 0.1) is 0 Å². The fraction of sp³-hybridized carbons (Fsp3) is 0.250. The molecule has 3 aromatic rings. The number of hydrogen-bond donors (Lipinski definition) is 2. The second kappa shape index (κ2) is 11.0. The zero-order valence-electron chi connectivity index (χ0n) is 18.1. The first-order chi connectivity index (χ1) is 15.0. The minimum Gasteiger partial charge on any atom is -0.497 e. The monoisotopic (exact) mass is 420 g/mol. The predicted molar refractivity (Wildman–Crippen MR) is 124 cm³/mol. The highest BCUT2D eigenvalue weighted by molar-refractivity contribution is 5.95. The normalized spacial score (nSPS) is 10.6. The van der Waals surface area contributed by atoms with E-state index in [-0.39, 0.29) is 12.5 Å². The quantitative estimate of drug-likeness (QED) is 0.520. The van der Waals surface area contributed by atoms with Gasteiger partial charge in [-0.05, 0) is 61.6 Å². The van der Waals surface area contributed by atoms with Gasteiger partial charge in [0.05, 0.1) is 19.3 Å². The molecule has 0 atom stereocenters. The highest BCUT2D eigenvalue weighted by Gasteiger charge is 2.11. The van der Waals surface area contributed by atoms with Crippen LogP contribution in [0.4, 0.5) is 11.4 Å². The van der Waals surface area contributed by atoms with Crippen LogP contribution in [0.15, 0.2) is 67.0 Å². The molecule has 0 saturated carbocycles. The van der Waals surface area contributed by atoms with E-state index < -0.39 is 0 Å². The molecule has 0 bridgehead atoms. The number of pyridine rings is 1. The van der Waals surface area contributed by atoms with E-state index in [0.29, 0.717) is 18.0 Å². The standard InChI is InChI=1S/C24H28N4O3/c1-28(2)13-14-31-23-15-19(18-9-11-25-12-10-18)7-8-22(23)27-24(29)17-26-20-5-4-6-21(16-20)30-3/h4-12,15-16,26H,13-14,17H2,1-3H3,(H,27,29). The average molecular weight is 421 g/mol. The lowest BCUT2D eigenvalue weighted by atomic mass is 10.1. The maximum Gasteiger partial charge on any atom is 0.243 e. The van der Waals surface area contributed by atoms with Crippen LogP contribution in [-0.2, 0) is 4.79 Å². The summed E-state index contributed by atoms with van der Waals surface area (Å²) in [5.74, 6) is 1.19. The van der Waals surface area contributed by atoms with Gasteiger partial charge in [0.1, 0.15) is 18.1 Å². The Morgan fingerprint density at radius 2 is 1.84 bits per heavy atom. The molecule has 162 valence electrons. The molecule has 0 spiro atoms. The van der Waals surface area contributed by atoms with Gasteiger partial charge < -0.3 is 25.0 Å². The van der Waals surface area contributed by atoms with Crippen molar-refractivity contribution >= 4 is 17.3 Å². The molecule has 0 radical (unpaired) electrons. The van der Waals surface area contributed by atoms with Crippen molar-refractivity contribution in [1.29, 1.82) is 0 Å². The van der Waals surface area contributed by atoms with Crippen LogP contribution in [0.25, 0.3) is 11.1 Å². The van der Waals surface area contributed by atoms with Gasteiger partial charge in [0, 0.05) is 30.7 Å². The topological polar surface area (TPSA) is 75.7 Å². The third-order valence-corrected chi connectivity index (χ3v) is 4.59. The number of methoxy groups -OCH3 is 1. The van der Waals surface area contributed by atoms with Crippen LogP contribution in [0.1, 0.15) is 0 Å². The van der Waals surface area contributed by atoms with Crippen molar-refractivity contribution in [1.82, 2.24) is 9.88 Å². The molecular weight excluding hydrogens is 392 g/mol. The van der Waals surface area contributed by atoms with Gasteiger partial charge in [0.2, 0.25) is 5.91 Å². The van der Waals surface area contributed by atoms with Crippen molar-refractivity contribution in [3.63, 3.8) is 0 Å². The number of likely N-dealkylation sites (N-methyl/N-ethyl adjacent to an activating group) is 1. The minimum absolute atomic E-state index is 0.121. The summed E-state index contributed by atoms with van der Waals surface area (Å²) in [4.78, 5) is 18.7. The number of ether oxygens (including phenoxy) is 2. The first-order valence-corrected chi connectivity index (χ1v) is 10.0. The Hall–Kier alpha value is -3.58. The molecule has 31 heavy (non-hydrogen) atoms. The lowest BCUT2D eigenvalue weighted by Gasteiger charge is -2.16. The van der Waals surface area contributed by atoms with Crippen molar-refractivity contribution < 1.29 is 14.3 Å². The van der Waals surface area contributed by atoms with Crippen molar-refractivity contribution in [2.45, 2.75) is 0 Å². The second-order valence-electron chi connectivity index (χ2n) is 7.23. The van der Waals surface area contributed by atoms with Crippen LogP contribution in [0.2, 0.25) is 0 Å². The van der Waals surface area contributed by atoms with E-state index in [0.717, 1.165) is 29.1 Å². The van der Waals surface area contributed by atoms with Gasteiger partial charge in [-0.3, -0.25) is 9.78 Å². The minimum atomic E-state index is -0.169. The number of amides is 1. The maximum absolute atomic E-state index is 12.6. The third kappa shape index (κ3) is 6.72. The van der Waals surface area contributed by atoms with E-state index >= 15 is 0 Å². The van der Waals surface area contributed by atoms with Gasteiger partial charge in [-0.15, -0.1) is 0 Å². The molecule has 7 heteroatoms. The van der Waals surface area contributed by atoms with Crippen LogP contribution >= 0.6 is 0 Å². The fourth-order valence-corrected chi connectivity index (χ4v) is 2.92. The number of aromatic nitrogens is 1. The van der Waals surface area contributed by atoms with E-state index in [1.807, 2.05) is 73.6 Å². The van der Waals surface area contributed by atoms with Crippen LogP contribution in [0.3, 0.4) is 0 Å². The summed E-state index contributed by atoms with van der Waals surface area (Å²) >= 11 is 0. The Balaban J connectivity index is 1.70. The van der Waals surface area contributed by atoms with E-state index in [1.54, 1.807) is 19.5 Å². The van der Waals surface area contributed by atoms with E-state index in [4.69, 9.17) is 9.47 Å². The zero-order valence-corrected chi connectivity index (χ0v) is 18.1. The predicted octanol–water partition coefficient (Wildman–Crippen LogP) is 3.75. The lowest BCUT2D eigenvalue weighted by molar-refractivity contribution is -0.114. The maximum atomic E-state index is 12.6. The van der Waals surface area contributed by atoms with Crippen molar-refractivity contribution in [2.24, 2.45) is 0 Å². The van der Waals surface area contributed by atoms with Gasteiger partial charge >= 0.3 is 0 Å². The highest BCUT2D eigenvalue weighted by atomic mass is 16.5. The number of carbonyl (C=O) groups excluding carboxylic acids is 1. The molecule has 1 amide bonds. The number of benzene rings is 2. The molecule has 2 N–H and O–H groups in total. The molecular formula is C24H28N4O3. The van der Waals surface area contributed by atoms with Gasteiger partial charge in [-0.2, -0.15) is 0 Å². The van der Waals surface area contributed by atoms with E-state index in [2.05, 4.69) is 15.6 Å². The average Bonchev–Trinajstić information content (AvgIpc) is 2.79. The van der Waals surface area contributed by atoms with Crippen molar-refractivity contribution in [3.05, 3.63) is 67.0 Å². The Labute approximate surface area is 183 Å². The fourth-order valence-electron chi connectivity index (χ4n) is 2.92. The largest absolute Gasteiger partial charge is 0.497 e. The SMILES string of the molecule is COc1cccc(NCC(=O)Nc2ccc(-c3ccncc3)cc2OCCN(C)C)c1. The Morgan fingerprint density at radius 3 is 2.58 bits per heavy atom. The molecule has 0 aliphatic rings. The third-order valence-electron chi connectivity index (χ3n) is 4.59. The van der Waals surface area contributed by atoms with Crippen LogP contribution < -0.4 is 20.1 Å². The molecule has 2 aromatic carbocycles. The molecule has 1 heterocycles. The molecule has 0 aliphatic carbocycles. The molecule has 0 unspecified atom stereocenters. The molecule has 1 aromatic heterocycles. The first kappa shape index (κ1) is 22.1. The number of nitrogens with zero attached hydrogens (tertiary/aromatic N) is 2. The Bertz CT molecular complexity index is 993. The summed E-state index contributed by atoms with van der Waals surface area (Å²) in [6.45, 7) is 1.40. The summed E-state index contributed by atoms with van der Waals surface area (Å²) in [5.41, 5.74) is 3.47. The highest BCUT2D eigenvalue weighted by Crippen LogP contribution is 2.31. The number of carbonyl (C=O) groups is 1. The van der Waals surface area contributed by atoms with Gasteiger partial charge in [0.25, 0.3) is 0 Å². The zero-order chi connectivity index (χ0) is 22.1. The van der Waals surface area contributed by atoms with Crippen molar-refractivity contribution in [3.8, 4) is 22.6 Å². The van der Waals surface area contributed by atoms with Crippen molar-refractivity contribution in [2.75, 3.05) is 51.5 Å². The lowest BCUT2D eigenvalue weighted by Crippen LogP contribution is -2.23. The van der Waals surface area contributed by atoms with E-state index in [1.165, 1.54) is 0 Å². The molecule has 0 fully saturated rings. The molecule has 0 aliphatic heterocycles. The summed E-state index contributed by atoms with van der Waals surface area (Å²) in [6.07, 6.45) is 3.50. The Kier molecular flexibility index (Phi) is 7.84. The smallest absolute Gasteiger partial charge is 0.243 e. The first-order valence-electron chi connectivity index (χ1n) is 10.0. The van der Waals surface area contributed by atoms with Crippen LogP contribution in [-0.4, -0.2) is 56.7 Å². The number of nitrogens with one attached hydrogen (secondary N) is 2. The van der Waals surface area contributed by atoms with Gasteiger partial charge in [-0.25, -0.2) is 0 Å². The summed E-state index contributed by atoms with van der Waals surface area (Å²) in [6, 6.07) is 17.1. The number of anilines is 2. The summed E-state index contributed by atoms with van der Waals surface area (Å²) in [5, 5.41) is 6.05. The van der Waals surface area contributed by atoms with E-state index in [9.17, 15) is 4.79 Å². The molecule has 7 nitrogen and oxygen atoms in total. The second-order valence-corrected chi connectivity index (χ2v) is 7.23.